The van der Waals surface area contributed by atoms with E-state index in [2.05, 4.69) is 25.4 Å². The molecule has 2 aromatic carbocycles. The maximum absolute atomic E-state index is 16.1. The van der Waals surface area contributed by atoms with Crippen molar-refractivity contribution in [2.75, 3.05) is 53.8 Å². The third kappa shape index (κ3) is 16.3. The van der Waals surface area contributed by atoms with Gasteiger partial charge >= 0.3 is 17.9 Å². The van der Waals surface area contributed by atoms with Crippen LogP contribution in [-0.2, 0) is 59.1 Å². The van der Waals surface area contributed by atoms with Crippen LogP contribution in [0.25, 0.3) is 11.1 Å². The zero-order valence-electron chi connectivity index (χ0n) is 36.3. The van der Waals surface area contributed by atoms with Crippen LogP contribution in [0.3, 0.4) is 0 Å². The van der Waals surface area contributed by atoms with Gasteiger partial charge in [-0.3, -0.25) is 14.4 Å². The fraction of sp³-hybridized carbons (Fsp3) is 0.532. The van der Waals surface area contributed by atoms with Crippen molar-refractivity contribution in [1.82, 2.24) is 5.32 Å². The Balaban J connectivity index is 1.97. The molecule has 1 aliphatic rings. The van der Waals surface area contributed by atoms with Gasteiger partial charge in [-0.1, -0.05) is 64.0 Å². The molecule has 0 aliphatic heterocycles. The third-order valence-electron chi connectivity index (χ3n) is 10.7. The monoisotopic (exact) mass is 851 g/mol. The molecule has 1 saturated carbocycles. The van der Waals surface area contributed by atoms with Crippen molar-refractivity contribution in [3.63, 3.8) is 0 Å². The first-order valence-electron chi connectivity index (χ1n) is 20.8. The van der Waals surface area contributed by atoms with Gasteiger partial charge in [0.15, 0.2) is 0 Å². The van der Waals surface area contributed by atoms with E-state index >= 15 is 4.39 Å². The van der Waals surface area contributed by atoms with Crippen molar-refractivity contribution in [3.05, 3.63) is 77.6 Å². The Labute approximate surface area is 358 Å². The molecule has 0 radical (unpaired) electrons. The van der Waals surface area contributed by atoms with Crippen molar-refractivity contribution in [3.8, 4) is 16.9 Å². The second kappa shape index (κ2) is 25.5. The number of hydrogen-bond donors (Lipinski definition) is 1. The van der Waals surface area contributed by atoms with Crippen LogP contribution in [0.4, 0.5) is 4.39 Å². The molecule has 2 aromatic rings. The number of halogens is 1. The van der Waals surface area contributed by atoms with Crippen LogP contribution in [0.5, 0.6) is 5.75 Å². The predicted octanol–water partition coefficient (Wildman–Crippen LogP) is 7.32. The molecule has 0 saturated heterocycles. The molecule has 0 aromatic heterocycles. The number of ether oxygens (including phenoxy) is 6. The number of hydrogen-bond acceptors (Lipinski definition) is 12. The highest BCUT2D eigenvalue weighted by Crippen LogP contribution is 2.40. The molecule has 1 fully saturated rings. The summed E-state index contributed by atoms with van der Waals surface area (Å²) in [4.78, 5) is 75.6. The number of esters is 3. The summed E-state index contributed by atoms with van der Waals surface area (Å²) in [6.45, 7) is 10.1. The highest BCUT2D eigenvalue weighted by atomic mass is 19.1. The second-order valence-corrected chi connectivity index (χ2v) is 15.9. The molecule has 61 heavy (non-hydrogen) atoms. The topological polar surface area (TPSA) is 170 Å². The van der Waals surface area contributed by atoms with Crippen LogP contribution >= 0.6 is 0 Å². The first kappa shape index (κ1) is 50.1. The molecular weight excluding hydrogens is 790 g/mol. The molecule has 13 nitrogen and oxygen atoms in total. The minimum atomic E-state index is -1.58. The van der Waals surface area contributed by atoms with E-state index in [4.69, 9.17) is 28.4 Å². The largest absolute Gasteiger partial charge is 0.493 e. The van der Waals surface area contributed by atoms with E-state index in [9.17, 15) is 28.8 Å². The maximum atomic E-state index is 16.1. The summed E-state index contributed by atoms with van der Waals surface area (Å²) in [5, 5.41) is 2.65. The lowest BCUT2D eigenvalue weighted by Gasteiger charge is -2.32. The van der Waals surface area contributed by atoms with Crippen LogP contribution in [0, 0.1) is 17.2 Å². The molecule has 1 aliphatic carbocycles. The van der Waals surface area contributed by atoms with Crippen molar-refractivity contribution < 1.29 is 61.6 Å². The van der Waals surface area contributed by atoms with Gasteiger partial charge in [0, 0.05) is 55.9 Å². The van der Waals surface area contributed by atoms with Gasteiger partial charge in [0.25, 0.3) is 0 Å². The smallest absolute Gasteiger partial charge is 0.374 e. The highest BCUT2D eigenvalue weighted by Gasteiger charge is 2.38. The minimum absolute atomic E-state index is 0.0355. The summed E-state index contributed by atoms with van der Waals surface area (Å²) in [7, 11) is 2.73. The quantitative estimate of drug-likeness (QED) is 0.0313. The van der Waals surface area contributed by atoms with E-state index < -0.39 is 66.4 Å². The summed E-state index contributed by atoms with van der Waals surface area (Å²) < 4.78 is 48.4. The molecule has 14 heteroatoms. The molecule has 0 atom stereocenters. The lowest BCUT2D eigenvalue weighted by Crippen LogP contribution is -2.49. The molecule has 0 bridgehead atoms. The van der Waals surface area contributed by atoms with E-state index in [0.29, 0.717) is 17.0 Å². The van der Waals surface area contributed by atoms with Crippen LogP contribution in [0.2, 0.25) is 0 Å². The van der Waals surface area contributed by atoms with E-state index in [1.165, 1.54) is 53.8 Å². The van der Waals surface area contributed by atoms with Gasteiger partial charge in [0.05, 0.1) is 18.6 Å². The average molecular weight is 852 g/mol. The number of Topliss-reactive ketones (excluding diaryl/α,β-unsaturated/α-hetero) is 2. The second-order valence-electron chi connectivity index (χ2n) is 15.9. The number of ketones is 2. The number of amides is 1. The molecule has 334 valence electrons. The van der Waals surface area contributed by atoms with E-state index in [1.807, 2.05) is 6.07 Å². The van der Waals surface area contributed by atoms with Gasteiger partial charge in [-0.2, -0.15) is 0 Å². The first-order chi connectivity index (χ1) is 29.1. The molecule has 1 amide bonds. The number of carbonyl (C=O) groups is 6. The van der Waals surface area contributed by atoms with E-state index in [-0.39, 0.29) is 67.6 Å². The highest BCUT2D eigenvalue weighted by molar-refractivity contribution is 6.34. The van der Waals surface area contributed by atoms with Crippen LogP contribution in [-0.4, -0.2) is 89.2 Å². The van der Waals surface area contributed by atoms with Crippen molar-refractivity contribution in [1.29, 1.82) is 0 Å². The number of unbranched alkanes of at least 4 members (excludes halogenated alkanes) is 2. The van der Waals surface area contributed by atoms with E-state index in [1.54, 1.807) is 30.3 Å². The number of nitrogens with one attached hydrogen (secondary N) is 1. The molecule has 0 heterocycles. The third-order valence-corrected chi connectivity index (χ3v) is 10.7. The van der Waals surface area contributed by atoms with Gasteiger partial charge in [0.1, 0.15) is 38.0 Å². The molecule has 3 rings (SSSR count). The summed E-state index contributed by atoms with van der Waals surface area (Å²) in [5.41, 5.74) is 0.786. The summed E-state index contributed by atoms with van der Waals surface area (Å²) >= 11 is 0. The van der Waals surface area contributed by atoms with Gasteiger partial charge in [-0.05, 0) is 80.7 Å². The number of rotatable bonds is 27. The number of methoxy groups -OCH3 is 2. The Bertz CT molecular complexity index is 1830. The van der Waals surface area contributed by atoms with E-state index in [0.717, 1.165) is 31.2 Å². The summed E-state index contributed by atoms with van der Waals surface area (Å²) in [6.07, 6.45) is 8.69. The first-order valence-corrected chi connectivity index (χ1v) is 20.8. The Hall–Kier alpha value is -5.21. The SMILES string of the molecule is C=C(C)C(=O)NCC(COC(=O)C(=O)CCOC)(COC(=O)C(=O)CCOC)COc1ccc(-c2ccc(C3CCC(CCCCC)CC3)cc2F)c(COC(=O)C(=C)C)c1. The van der Waals surface area contributed by atoms with Crippen molar-refractivity contribution >= 4 is 35.4 Å². The number of carbonyl (C=O) groups excluding carboxylic acids is 6. The molecule has 0 spiro atoms. The van der Waals surface area contributed by atoms with Crippen molar-refractivity contribution in [2.24, 2.45) is 11.3 Å². The fourth-order valence-corrected chi connectivity index (χ4v) is 6.90. The Morgan fingerprint density at radius 1 is 0.754 bits per heavy atom. The Morgan fingerprint density at radius 2 is 1.36 bits per heavy atom. The molecule has 0 unspecified atom stereocenters. The lowest BCUT2D eigenvalue weighted by atomic mass is 9.77. The molecular formula is C47H62FNO12. The fourth-order valence-electron chi connectivity index (χ4n) is 6.90. The average Bonchev–Trinajstić information content (AvgIpc) is 3.25. The van der Waals surface area contributed by atoms with Crippen LogP contribution in [0.15, 0.2) is 60.7 Å². The summed E-state index contributed by atoms with van der Waals surface area (Å²) in [6, 6.07) is 9.99. The molecule has 1 N–H and O–H groups in total. The van der Waals surface area contributed by atoms with Crippen molar-refractivity contribution in [2.45, 2.75) is 97.5 Å². The maximum Gasteiger partial charge on any atom is 0.374 e. The van der Waals surface area contributed by atoms with Gasteiger partial charge < -0.3 is 33.7 Å². The van der Waals surface area contributed by atoms with Crippen LogP contribution in [0.1, 0.15) is 102 Å². The van der Waals surface area contributed by atoms with Gasteiger partial charge in [-0.15, -0.1) is 0 Å². The van der Waals surface area contributed by atoms with Gasteiger partial charge in [0.2, 0.25) is 17.5 Å². The summed E-state index contributed by atoms with van der Waals surface area (Å²) in [5.74, 6) is -4.69. The van der Waals surface area contributed by atoms with Gasteiger partial charge in [-0.25, -0.2) is 18.8 Å². The predicted molar refractivity (Wildman–Crippen MR) is 226 cm³/mol. The Kier molecular flexibility index (Phi) is 21.0. The number of benzene rings is 2. The Morgan fingerprint density at radius 3 is 1.90 bits per heavy atom. The van der Waals surface area contributed by atoms with Crippen LogP contribution < -0.4 is 10.1 Å². The minimum Gasteiger partial charge on any atom is -0.493 e. The standard InChI is InChI=1S/C47H62FNO12/c1-8-9-10-11-33-12-14-34(15-13-33)35-16-18-39(40(48)25-35)38-19-17-37(24-36(38)26-58-44(53)32(4)5)59-28-47(27-49-43(52)31(2)3,29-60-45(54)41(50)20-22-56-6)30-61-46(55)42(51)21-23-57-7/h16-19,24-25,33-34H,2,4,8-15,20-23,26-30H2,1,3,5-7H3,(H,49,52). The zero-order chi connectivity index (χ0) is 45.0. The zero-order valence-corrected chi connectivity index (χ0v) is 36.3. The normalized spacial score (nSPS) is 15.0. The lowest BCUT2D eigenvalue weighted by molar-refractivity contribution is -0.163.